The van der Waals surface area contributed by atoms with Crippen molar-refractivity contribution in [1.29, 1.82) is 0 Å². The highest BCUT2D eigenvalue weighted by atomic mass is 16.6. The van der Waals surface area contributed by atoms with Crippen molar-refractivity contribution in [2.45, 2.75) is 63.4 Å². The van der Waals surface area contributed by atoms with Crippen LogP contribution in [0.3, 0.4) is 0 Å². The third kappa shape index (κ3) is 2.38. The minimum Gasteiger partial charge on any atom is -0.472 e. The Balaban J connectivity index is 1.62. The molecule has 2 saturated carbocycles. The molecule has 2 aliphatic heterocycles. The fourth-order valence-electron chi connectivity index (χ4n) is 6.92. The molecule has 0 unspecified atom stereocenters. The van der Waals surface area contributed by atoms with Gasteiger partial charge in [0.15, 0.2) is 0 Å². The Bertz CT molecular complexity index is 845. The molecule has 4 fully saturated rings. The van der Waals surface area contributed by atoms with Crippen molar-refractivity contribution in [3.63, 3.8) is 0 Å². The highest BCUT2D eigenvalue weighted by molar-refractivity contribution is 5.80. The maximum atomic E-state index is 13.4. The minimum absolute atomic E-state index is 0.0434. The van der Waals surface area contributed by atoms with Crippen LogP contribution in [0.15, 0.2) is 23.0 Å². The van der Waals surface area contributed by atoms with E-state index in [1.807, 2.05) is 6.92 Å². The standard InChI is InChI=1S/C22H28O8/c1-12-7-18(30-13(2)23)21-10-28-19(26)20(12,8-15(24)14-5-6-27-9-14)16(21)3-4-17(25)22(21)11-29-22/h5-6,9,12,15-18,24-25H,3-4,7-8,10-11H2,1-2H3/t12-,15+,16-,17-,18-,20-,21+,22-/m1/s1. The number of furan rings is 1. The molecule has 2 saturated heterocycles. The average molecular weight is 420 g/mol. The Morgan fingerprint density at radius 2 is 2.13 bits per heavy atom. The molecular formula is C22H28O8. The van der Waals surface area contributed by atoms with Crippen LogP contribution >= 0.6 is 0 Å². The van der Waals surface area contributed by atoms with Crippen LogP contribution < -0.4 is 0 Å². The zero-order valence-electron chi connectivity index (χ0n) is 17.2. The third-order valence-corrected chi connectivity index (χ3v) is 8.36. The van der Waals surface area contributed by atoms with Crippen LogP contribution in [0.5, 0.6) is 0 Å². The summed E-state index contributed by atoms with van der Waals surface area (Å²) < 4.78 is 22.6. The Hall–Kier alpha value is -1.90. The van der Waals surface area contributed by atoms with E-state index in [4.69, 9.17) is 18.6 Å². The monoisotopic (exact) mass is 420 g/mol. The van der Waals surface area contributed by atoms with Crippen molar-refractivity contribution in [1.82, 2.24) is 0 Å². The van der Waals surface area contributed by atoms with Gasteiger partial charge in [0.2, 0.25) is 0 Å². The lowest BCUT2D eigenvalue weighted by Gasteiger charge is -2.65. The van der Waals surface area contributed by atoms with Crippen molar-refractivity contribution < 1.29 is 38.4 Å². The van der Waals surface area contributed by atoms with E-state index >= 15 is 0 Å². The van der Waals surface area contributed by atoms with Crippen LogP contribution in [-0.2, 0) is 23.8 Å². The molecule has 3 heterocycles. The first-order chi connectivity index (χ1) is 14.3. The molecule has 0 radical (unpaired) electrons. The summed E-state index contributed by atoms with van der Waals surface area (Å²) in [5.41, 5.74) is -2.07. The normalized spacial score (nSPS) is 45.4. The molecule has 1 aromatic heterocycles. The first-order valence-electron chi connectivity index (χ1n) is 10.6. The molecule has 5 rings (SSSR count). The van der Waals surface area contributed by atoms with Crippen LogP contribution in [0, 0.1) is 22.7 Å². The van der Waals surface area contributed by atoms with Crippen LogP contribution in [-0.4, -0.2) is 53.2 Å². The third-order valence-electron chi connectivity index (χ3n) is 8.36. The SMILES string of the molecule is CC(=O)O[C@@H]1C[C@@H](C)[C@@]2(C[C@H](O)c3ccoc3)C(=O)OC[C@]13[C@@H]2CC[C@@H](O)[C@]31CO1. The Kier molecular flexibility index (Phi) is 4.37. The minimum atomic E-state index is -0.968. The molecule has 2 N–H and O–H groups in total. The zero-order valence-corrected chi connectivity index (χ0v) is 17.2. The van der Waals surface area contributed by atoms with Gasteiger partial charge in [0.1, 0.15) is 18.3 Å². The van der Waals surface area contributed by atoms with E-state index in [2.05, 4.69) is 0 Å². The van der Waals surface area contributed by atoms with Gasteiger partial charge in [-0.15, -0.1) is 0 Å². The van der Waals surface area contributed by atoms with Crippen molar-refractivity contribution >= 4 is 11.9 Å². The number of carbonyl (C=O) groups excluding carboxylic acids is 2. The first-order valence-corrected chi connectivity index (χ1v) is 10.6. The van der Waals surface area contributed by atoms with Crippen molar-refractivity contribution in [2.24, 2.45) is 22.7 Å². The molecule has 164 valence electrons. The summed E-state index contributed by atoms with van der Waals surface area (Å²) in [6.45, 7) is 3.71. The molecule has 8 nitrogen and oxygen atoms in total. The summed E-state index contributed by atoms with van der Waals surface area (Å²) in [6.07, 6.45) is 2.51. The summed E-state index contributed by atoms with van der Waals surface area (Å²) in [7, 11) is 0. The molecule has 0 amide bonds. The Labute approximate surface area is 174 Å². The predicted octanol–water partition coefficient (Wildman–Crippen LogP) is 1.74. The number of carbonyl (C=O) groups is 2. The van der Waals surface area contributed by atoms with E-state index in [0.717, 1.165) is 0 Å². The quantitative estimate of drug-likeness (QED) is 0.559. The van der Waals surface area contributed by atoms with Crippen LogP contribution in [0.4, 0.5) is 0 Å². The summed E-state index contributed by atoms with van der Waals surface area (Å²) in [5, 5.41) is 21.8. The topological polar surface area (TPSA) is 119 Å². The highest BCUT2D eigenvalue weighted by Gasteiger charge is 2.81. The number of rotatable bonds is 4. The summed E-state index contributed by atoms with van der Waals surface area (Å²) in [6, 6.07) is 1.69. The smallest absolute Gasteiger partial charge is 0.312 e. The van der Waals surface area contributed by atoms with Gasteiger partial charge in [0, 0.05) is 12.5 Å². The largest absolute Gasteiger partial charge is 0.472 e. The van der Waals surface area contributed by atoms with Crippen molar-refractivity contribution in [2.75, 3.05) is 13.2 Å². The number of esters is 2. The molecule has 30 heavy (non-hydrogen) atoms. The van der Waals surface area contributed by atoms with Crippen molar-refractivity contribution in [3.05, 3.63) is 24.2 Å². The zero-order chi connectivity index (χ0) is 21.3. The van der Waals surface area contributed by atoms with E-state index in [1.165, 1.54) is 19.5 Å². The Morgan fingerprint density at radius 3 is 2.77 bits per heavy atom. The fourth-order valence-corrected chi connectivity index (χ4v) is 6.92. The van der Waals surface area contributed by atoms with Crippen LogP contribution in [0.2, 0.25) is 0 Å². The summed E-state index contributed by atoms with van der Waals surface area (Å²) >= 11 is 0. The van der Waals surface area contributed by atoms with E-state index in [-0.39, 0.29) is 30.8 Å². The molecule has 8 heteroatoms. The lowest BCUT2D eigenvalue weighted by Crippen LogP contribution is -2.74. The van der Waals surface area contributed by atoms with Gasteiger partial charge >= 0.3 is 11.9 Å². The molecule has 2 aliphatic carbocycles. The second-order valence-corrected chi connectivity index (χ2v) is 9.49. The van der Waals surface area contributed by atoms with Gasteiger partial charge in [0.25, 0.3) is 0 Å². The number of hydrogen-bond donors (Lipinski definition) is 2. The Morgan fingerprint density at radius 1 is 1.37 bits per heavy atom. The van der Waals surface area contributed by atoms with E-state index in [0.29, 0.717) is 31.4 Å². The first kappa shape index (κ1) is 20.0. The van der Waals surface area contributed by atoms with Gasteiger partial charge in [-0.1, -0.05) is 6.92 Å². The molecule has 8 atom stereocenters. The number of ether oxygens (including phenoxy) is 3. The van der Waals surface area contributed by atoms with Gasteiger partial charge < -0.3 is 28.8 Å². The predicted molar refractivity (Wildman–Crippen MR) is 101 cm³/mol. The summed E-state index contributed by atoms with van der Waals surface area (Å²) in [5.74, 6) is -1.17. The molecule has 0 aromatic carbocycles. The van der Waals surface area contributed by atoms with Gasteiger partial charge in [-0.2, -0.15) is 0 Å². The van der Waals surface area contributed by atoms with E-state index in [9.17, 15) is 19.8 Å². The maximum Gasteiger partial charge on any atom is 0.312 e. The second kappa shape index (κ2) is 6.55. The highest BCUT2D eigenvalue weighted by Crippen LogP contribution is 2.71. The number of aliphatic hydroxyl groups excluding tert-OH is 2. The second-order valence-electron chi connectivity index (χ2n) is 9.49. The van der Waals surface area contributed by atoms with Crippen LogP contribution in [0.25, 0.3) is 0 Å². The molecule has 1 spiro atoms. The van der Waals surface area contributed by atoms with E-state index in [1.54, 1.807) is 6.07 Å². The number of cyclic esters (lactones) is 1. The lowest BCUT2D eigenvalue weighted by molar-refractivity contribution is -0.279. The molecule has 2 bridgehead atoms. The fraction of sp³-hybridized carbons (Fsp3) is 0.727. The van der Waals surface area contributed by atoms with Gasteiger partial charge in [-0.3, -0.25) is 9.59 Å². The summed E-state index contributed by atoms with van der Waals surface area (Å²) in [4.78, 5) is 25.3. The van der Waals surface area contributed by atoms with E-state index < -0.39 is 40.7 Å². The number of epoxide rings is 1. The van der Waals surface area contributed by atoms with Gasteiger partial charge in [0.05, 0.1) is 42.2 Å². The van der Waals surface area contributed by atoms with Gasteiger partial charge in [-0.05, 0) is 43.6 Å². The molecular weight excluding hydrogens is 392 g/mol. The van der Waals surface area contributed by atoms with Crippen LogP contribution in [0.1, 0.15) is 51.2 Å². The lowest BCUT2D eigenvalue weighted by atomic mass is 9.41. The molecule has 1 aromatic rings. The average Bonchev–Trinajstić information content (AvgIpc) is 3.30. The maximum absolute atomic E-state index is 13.4. The number of aliphatic hydroxyl groups is 2. The van der Waals surface area contributed by atoms with Gasteiger partial charge in [-0.25, -0.2) is 0 Å². The van der Waals surface area contributed by atoms with Crippen molar-refractivity contribution in [3.8, 4) is 0 Å². The number of hydrogen-bond acceptors (Lipinski definition) is 8. The molecule has 4 aliphatic rings.